The first-order valence-corrected chi connectivity index (χ1v) is 10.4. The molecule has 0 radical (unpaired) electrons. The van der Waals surface area contributed by atoms with E-state index in [9.17, 15) is 9.59 Å². The number of rotatable bonds is 11. The third-order valence-corrected chi connectivity index (χ3v) is 4.64. The molecule has 0 atom stereocenters. The van der Waals surface area contributed by atoms with Crippen molar-refractivity contribution >= 4 is 11.8 Å². The maximum absolute atomic E-state index is 13.1. The van der Waals surface area contributed by atoms with Crippen molar-refractivity contribution < 1.29 is 9.59 Å². The van der Waals surface area contributed by atoms with E-state index in [4.69, 9.17) is 0 Å². The van der Waals surface area contributed by atoms with Gasteiger partial charge in [-0.1, -0.05) is 44.2 Å². The molecule has 0 aliphatic carbocycles. The SMILES string of the molecule is CC(C)CN(CCC(=O)N(CCN(C)C)Cc1ccccc1)C(=O)c1cnccn1. The second-order valence-corrected chi connectivity index (χ2v) is 8.09. The van der Waals surface area contributed by atoms with Crippen LogP contribution in [0, 0.1) is 5.92 Å². The smallest absolute Gasteiger partial charge is 0.274 e. The van der Waals surface area contributed by atoms with Crippen LogP contribution >= 0.6 is 0 Å². The van der Waals surface area contributed by atoms with Crippen LogP contribution < -0.4 is 0 Å². The Kier molecular flexibility index (Phi) is 9.41. The molecule has 1 heterocycles. The molecule has 0 aliphatic rings. The van der Waals surface area contributed by atoms with Gasteiger partial charge in [-0.3, -0.25) is 14.6 Å². The highest BCUT2D eigenvalue weighted by Gasteiger charge is 2.21. The van der Waals surface area contributed by atoms with Gasteiger partial charge in [0, 0.05) is 51.5 Å². The molecule has 0 aliphatic heterocycles. The van der Waals surface area contributed by atoms with Crippen LogP contribution in [0.2, 0.25) is 0 Å². The first kappa shape index (κ1) is 23.5. The molecule has 1 aromatic carbocycles. The zero-order chi connectivity index (χ0) is 21.9. The number of hydrogen-bond acceptors (Lipinski definition) is 5. The van der Waals surface area contributed by atoms with Gasteiger partial charge in [-0.2, -0.15) is 0 Å². The molecule has 7 nitrogen and oxygen atoms in total. The van der Waals surface area contributed by atoms with Crippen LogP contribution in [0.25, 0.3) is 0 Å². The average molecular weight is 412 g/mol. The van der Waals surface area contributed by atoms with Crippen molar-refractivity contribution in [1.82, 2.24) is 24.7 Å². The Hall–Kier alpha value is -2.80. The number of likely N-dealkylation sites (N-methyl/N-ethyl adjacent to an activating group) is 1. The van der Waals surface area contributed by atoms with Crippen molar-refractivity contribution in [2.24, 2.45) is 5.92 Å². The van der Waals surface area contributed by atoms with Crippen LogP contribution in [0.3, 0.4) is 0 Å². The zero-order valence-electron chi connectivity index (χ0n) is 18.5. The Morgan fingerprint density at radius 3 is 2.30 bits per heavy atom. The van der Waals surface area contributed by atoms with Gasteiger partial charge in [-0.25, -0.2) is 4.98 Å². The largest absolute Gasteiger partial charge is 0.337 e. The van der Waals surface area contributed by atoms with Crippen molar-refractivity contribution in [3.63, 3.8) is 0 Å². The minimum absolute atomic E-state index is 0.0430. The third-order valence-electron chi connectivity index (χ3n) is 4.64. The predicted molar refractivity (Wildman–Crippen MR) is 118 cm³/mol. The number of benzene rings is 1. The normalized spacial score (nSPS) is 11.0. The summed E-state index contributed by atoms with van der Waals surface area (Å²) in [6, 6.07) is 9.98. The fraction of sp³-hybridized carbons (Fsp3) is 0.478. The summed E-state index contributed by atoms with van der Waals surface area (Å²) in [5.41, 5.74) is 1.40. The Morgan fingerprint density at radius 1 is 0.967 bits per heavy atom. The van der Waals surface area contributed by atoms with Gasteiger partial charge in [0.2, 0.25) is 5.91 Å². The molecule has 0 saturated carbocycles. The number of carbonyl (C=O) groups is 2. The van der Waals surface area contributed by atoms with Crippen molar-refractivity contribution in [2.75, 3.05) is 40.3 Å². The molecule has 0 N–H and O–H groups in total. The summed E-state index contributed by atoms with van der Waals surface area (Å²) >= 11 is 0. The fourth-order valence-electron chi connectivity index (χ4n) is 3.09. The van der Waals surface area contributed by atoms with Crippen LogP contribution in [-0.4, -0.2) is 76.8 Å². The molecule has 2 aromatic rings. The first-order valence-electron chi connectivity index (χ1n) is 10.4. The quantitative estimate of drug-likeness (QED) is 0.568. The second-order valence-electron chi connectivity index (χ2n) is 8.09. The van der Waals surface area contributed by atoms with Crippen LogP contribution in [0.5, 0.6) is 0 Å². The number of aromatic nitrogens is 2. The summed E-state index contributed by atoms with van der Waals surface area (Å²) in [5, 5.41) is 0. The average Bonchev–Trinajstić information content (AvgIpc) is 2.74. The highest BCUT2D eigenvalue weighted by molar-refractivity contribution is 5.92. The Bertz CT molecular complexity index is 781. The highest BCUT2D eigenvalue weighted by Crippen LogP contribution is 2.10. The summed E-state index contributed by atoms with van der Waals surface area (Å²) < 4.78 is 0. The zero-order valence-corrected chi connectivity index (χ0v) is 18.5. The summed E-state index contributed by atoms with van der Waals surface area (Å²) in [7, 11) is 3.99. The molecule has 2 amide bonds. The molecule has 2 rings (SSSR count). The maximum Gasteiger partial charge on any atom is 0.274 e. The van der Waals surface area contributed by atoms with Crippen LogP contribution in [0.15, 0.2) is 48.9 Å². The van der Waals surface area contributed by atoms with Crippen molar-refractivity contribution in [1.29, 1.82) is 0 Å². The van der Waals surface area contributed by atoms with E-state index in [1.807, 2.05) is 49.3 Å². The number of hydrogen-bond donors (Lipinski definition) is 0. The van der Waals surface area contributed by atoms with E-state index >= 15 is 0 Å². The third kappa shape index (κ3) is 7.91. The van der Waals surface area contributed by atoms with Gasteiger partial charge < -0.3 is 14.7 Å². The topological polar surface area (TPSA) is 69.6 Å². The number of nitrogens with zero attached hydrogens (tertiary/aromatic N) is 5. The molecular formula is C23H33N5O2. The molecule has 0 bridgehead atoms. The van der Waals surface area contributed by atoms with Gasteiger partial charge in [-0.05, 0) is 25.6 Å². The molecule has 162 valence electrons. The summed E-state index contributed by atoms with van der Waals surface area (Å²) in [6.45, 7) is 7.03. The van der Waals surface area contributed by atoms with E-state index in [0.29, 0.717) is 31.9 Å². The standard InChI is InChI=1S/C23H33N5O2/c1-19(2)17-28(23(30)21-16-24-11-12-25-21)13-10-22(29)27(15-14-26(3)4)18-20-8-6-5-7-9-20/h5-9,11-12,16,19H,10,13-15,17-18H2,1-4H3. The molecule has 1 aromatic heterocycles. The monoisotopic (exact) mass is 411 g/mol. The lowest BCUT2D eigenvalue weighted by Gasteiger charge is -2.28. The molecule has 0 saturated heterocycles. The number of carbonyl (C=O) groups excluding carboxylic acids is 2. The van der Waals surface area contributed by atoms with E-state index in [-0.39, 0.29) is 24.2 Å². The van der Waals surface area contributed by atoms with Gasteiger partial charge in [0.1, 0.15) is 5.69 Å². The first-order chi connectivity index (χ1) is 14.4. The van der Waals surface area contributed by atoms with E-state index in [1.165, 1.54) is 12.4 Å². The lowest BCUT2D eigenvalue weighted by atomic mass is 10.1. The molecular weight excluding hydrogens is 378 g/mol. The summed E-state index contributed by atoms with van der Waals surface area (Å²) in [4.78, 5) is 39.7. The van der Waals surface area contributed by atoms with Crippen LogP contribution in [-0.2, 0) is 11.3 Å². The number of amides is 2. The van der Waals surface area contributed by atoms with E-state index in [2.05, 4.69) is 28.7 Å². The van der Waals surface area contributed by atoms with E-state index in [0.717, 1.165) is 12.1 Å². The summed E-state index contributed by atoms with van der Waals surface area (Å²) in [6.07, 6.45) is 4.79. The maximum atomic E-state index is 13.1. The van der Waals surface area contributed by atoms with Gasteiger partial charge >= 0.3 is 0 Å². The fourth-order valence-corrected chi connectivity index (χ4v) is 3.09. The van der Waals surface area contributed by atoms with Crippen molar-refractivity contribution in [3.8, 4) is 0 Å². The van der Waals surface area contributed by atoms with Crippen LogP contribution in [0.1, 0.15) is 36.3 Å². The Balaban J connectivity index is 2.05. The van der Waals surface area contributed by atoms with Gasteiger partial charge in [-0.15, -0.1) is 0 Å². The molecule has 7 heteroatoms. The Labute approximate surface area is 179 Å². The van der Waals surface area contributed by atoms with Gasteiger partial charge in [0.15, 0.2) is 0 Å². The molecule has 0 spiro atoms. The minimum atomic E-state index is -0.187. The van der Waals surface area contributed by atoms with Gasteiger partial charge in [0.25, 0.3) is 5.91 Å². The lowest BCUT2D eigenvalue weighted by Crippen LogP contribution is -2.40. The van der Waals surface area contributed by atoms with Gasteiger partial charge in [0.05, 0.1) is 6.20 Å². The lowest BCUT2D eigenvalue weighted by molar-refractivity contribution is -0.132. The summed E-state index contributed by atoms with van der Waals surface area (Å²) in [5.74, 6) is 0.142. The molecule has 0 unspecified atom stereocenters. The molecule has 0 fully saturated rings. The van der Waals surface area contributed by atoms with E-state index in [1.54, 1.807) is 11.1 Å². The van der Waals surface area contributed by atoms with Crippen molar-refractivity contribution in [3.05, 3.63) is 60.2 Å². The van der Waals surface area contributed by atoms with E-state index < -0.39 is 0 Å². The van der Waals surface area contributed by atoms with Crippen LogP contribution in [0.4, 0.5) is 0 Å². The second kappa shape index (κ2) is 12.0. The van der Waals surface area contributed by atoms with Crippen molar-refractivity contribution in [2.45, 2.75) is 26.8 Å². The molecule has 30 heavy (non-hydrogen) atoms. The highest BCUT2D eigenvalue weighted by atomic mass is 16.2. The minimum Gasteiger partial charge on any atom is -0.337 e. The Morgan fingerprint density at radius 2 is 1.70 bits per heavy atom. The predicted octanol–water partition coefficient (Wildman–Crippen LogP) is 2.56.